The third-order valence-corrected chi connectivity index (χ3v) is 19.7. The maximum absolute atomic E-state index is 13.3. The van der Waals surface area contributed by atoms with Gasteiger partial charge in [0.1, 0.15) is 12.2 Å². The Morgan fingerprint density at radius 3 is 1.49 bits per heavy atom. The van der Waals surface area contributed by atoms with Gasteiger partial charge in [0.15, 0.2) is 24.8 Å². The molecule has 8 rings (SSSR count). The van der Waals surface area contributed by atoms with Crippen molar-refractivity contribution < 1.29 is 116 Å². The predicted octanol–water partition coefficient (Wildman–Crippen LogP) is 9.31. The highest BCUT2D eigenvalue weighted by Gasteiger charge is 2.59. The monoisotopic (exact) mass is 1390 g/mol. The van der Waals surface area contributed by atoms with E-state index in [1.165, 1.54) is 33.3 Å². The van der Waals surface area contributed by atoms with Crippen LogP contribution in [0.4, 0.5) is 0 Å². The van der Waals surface area contributed by atoms with Crippen LogP contribution in [0.15, 0.2) is 72.3 Å². The Bertz CT molecular complexity index is 2690. The van der Waals surface area contributed by atoms with Crippen molar-refractivity contribution in [2.75, 3.05) is 34.0 Å². The van der Waals surface area contributed by atoms with Crippen LogP contribution in [0.25, 0.3) is 0 Å². The Kier molecular flexibility index (Phi) is 32.4. The van der Waals surface area contributed by atoms with Crippen LogP contribution in [0, 0.1) is 10.8 Å². The highest BCUT2D eigenvalue weighted by molar-refractivity contribution is 5.83. The van der Waals surface area contributed by atoms with E-state index in [2.05, 4.69) is 20.1 Å². The molecule has 19 atom stereocenters. The van der Waals surface area contributed by atoms with Gasteiger partial charge in [0.05, 0.1) is 113 Å². The molecule has 558 valence electrons. The van der Waals surface area contributed by atoms with Crippen LogP contribution in [0.1, 0.15) is 210 Å². The van der Waals surface area contributed by atoms with Crippen LogP contribution >= 0.6 is 0 Å². The highest BCUT2D eigenvalue weighted by atomic mass is 16.7. The fraction of sp³-hybridized carbons (Fsp3) is 0.784. The van der Waals surface area contributed by atoms with Crippen molar-refractivity contribution in [1.82, 2.24) is 0 Å². The molecule has 98 heavy (non-hydrogen) atoms. The molecule has 2 unspecified atom stereocenters. The van der Waals surface area contributed by atoms with E-state index in [1.54, 1.807) is 58.9 Å². The van der Waals surface area contributed by atoms with Gasteiger partial charge in [0.25, 0.3) is 0 Å². The van der Waals surface area contributed by atoms with E-state index in [0.717, 1.165) is 64.2 Å². The summed E-state index contributed by atoms with van der Waals surface area (Å²) >= 11 is 0. The molecule has 0 aromatic rings. The van der Waals surface area contributed by atoms with Crippen LogP contribution in [-0.2, 0) is 85.5 Å². The highest BCUT2D eigenvalue weighted by Crippen LogP contribution is 2.49. The van der Waals surface area contributed by atoms with Crippen molar-refractivity contribution in [2.45, 2.75) is 326 Å². The number of ether oxygens (including phenoxy) is 14. The van der Waals surface area contributed by atoms with E-state index in [1.807, 2.05) is 0 Å². The number of fused-ring (bicyclic) bond motifs is 12. The first-order valence-electron chi connectivity index (χ1n) is 35.4. The lowest BCUT2D eigenvalue weighted by atomic mass is 9.74. The molecular formula is C74H118O24. The van der Waals surface area contributed by atoms with Gasteiger partial charge in [-0.15, -0.1) is 0 Å². The minimum absolute atomic E-state index is 0. The zero-order valence-corrected chi connectivity index (χ0v) is 58.8. The van der Waals surface area contributed by atoms with Gasteiger partial charge in [-0.3, -0.25) is 9.59 Å². The maximum Gasteiger partial charge on any atom is 0.330 e. The summed E-state index contributed by atoms with van der Waals surface area (Å²) in [5.41, 5.74) is -1.89. The van der Waals surface area contributed by atoms with Gasteiger partial charge >= 0.3 is 23.9 Å². The molecule has 12 bridgehead atoms. The molecule has 0 aliphatic carbocycles. The Hall–Kier alpha value is -4.64. The lowest BCUT2D eigenvalue weighted by molar-refractivity contribution is -0.327. The standard InChI is InChI=1S/C39H62O12.C34H52O12.CH4/c1-6-7-8-9-10-14-34(42)50-37-27(21-35(43)45-5)20-32-24-33(25-40)47-26(2)19-28(41)22-29-12-11-13-30(48-29)23-31-16-18-46-36(49-31)15-17-38(3,4)39(37,44)51-32;1-20-14-24(37)17-25-8-7-9-26(44-25)18-27-11-13-41-31(45-27)10-12-33(4,5)34(39)32(43-22(3)36)23(16-30(38)40-6)15-28(46-34)19-29(42-20)21(2)35;/h15,17,21,28-33,36-37,40-41,44H,2,6-14,16,18-20,22-25H2,1,3-5H3;10,12,16,21,24-29,31-32,35,37,39H,1,7-9,11,13-15,17-19H2,2-6H3;1H4/b17-15+,27-21+;12-10+,23-16+;/t28-,29-,30?,31?,32-,33+,36-,37-,39+;21-,24+,25+,26-,27+,28+,29-,31+,32+,34-;/m01./s1. The van der Waals surface area contributed by atoms with Crippen molar-refractivity contribution in [2.24, 2.45) is 10.8 Å². The maximum atomic E-state index is 13.3. The van der Waals surface area contributed by atoms with Crippen LogP contribution < -0.4 is 0 Å². The number of carbonyl (C=O) groups is 4. The number of esters is 4. The Morgan fingerprint density at radius 1 is 0.602 bits per heavy atom. The second-order valence-corrected chi connectivity index (χ2v) is 28.7. The molecule has 8 aliphatic rings. The first kappa shape index (κ1) is 82.3. The number of carbonyl (C=O) groups excluding carboxylic acids is 4. The molecule has 8 aliphatic heterocycles. The van der Waals surface area contributed by atoms with E-state index < -0.39 is 120 Å². The number of aliphatic hydroxyl groups excluding tert-OH is 4. The van der Waals surface area contributed by atoms with Crippen LogP contribution in [-0.4, -0.2) is 204 Å². The second kappa shape index (κ2) is 38.6. The first-order chi connectivity index (χ1) is 46.0. The van der Waals surface area contributed by atoms with E-state index in [-0.39, 0.29) is 94.6 Å². The molecule has 6 N–H and O–H groups in total. The molecule has 0 spiro atoms. The molecular weight excluding hydrogens is 1270 g/mol. The van der Waals surface area contributed by atoms with E-state index >= 15 is 0 Å². The number of unbranched alkanes of at least 4 members (excludes halogenated alkanes) is 4. The summed E-state index contributed by atoms with van der Waals surface area (Å²) in [5.74, 6) is -6.35. The molecule has 6 fully saturated rings. The van der Waals surface area contributed by atoms with Crippen LogP contribution in [0.3, 0.4) is 0 Å². The Labute approximate surface area is 580 Å². The minimum Gasteiger partial charge on any atom is -0.493 e. The largest absolute Gasteiger partial charge is 0.493 e. The quantitative estimate of drug-likeness (QED) is 0.0348. The van der Waals surface area contributed by atoms with Gasteiger partial charge in [0, 0.05) is 62.0 Å². The molecule has 0 radical (unpaired) electrons. The number of rotatable bonds is 12. The average Bonchev–Trinajstić information content (AvgIpc) is 0.751. The summed E-state index contributed by atoms with van der Waals surface area (Å²) in [6.07, 6.45) is 13.5. The number of hydrogen-bond acceptors (Lipinski definition) is 24. The number of methoxy groups -OCH3 is 2. The third-order valence-electron chi connectivity index (χ3n) is 19.7. The van der Waals surface area contributed by atoms with Gasteiger partial charge in [-0.1, -0.05) is 93.0 Å². The number of aliphatic hydroxyl groups is 6. The fourth-order valence-corrected chi connectivity index (χ4v) is 14.2. The Balaban J connectivity index is 0.000000308. The third kappa shape index (κ3) is 24.0. The normalized spacial score (nSPS) is 37.6. The van der Waals surface area contributed by atoms with Gasteiger partial charge in [-0.25, -0.2) is 9.59 Å². The Morgan fingerprint density at radius 2 is 1.04 bits per heavy atom. The molecule has 24 heteroatoms. The fourth-order valence-electron chi connectivity index (χ4n) is 14.2. The number of hydrogen-bond donors (Lipinski definition) is 6. The second-order valence-electron chi connectivity index (χ2n) is 28.7. The predicted molar refractivity (Wildman–Crippen MR) is 360 cm³/mol. The summed E-state index contributed by atoms with van der Waals surface area (Å²) in [6, 6.07) is 0. The molecule has 0 saturated carbocycles. The van der Waals surface area contributed by atoms with Gasteiger partial charge < -0.3 is 97.0 Å². The summed E-state index contributed by atoms with van der Waals surface area (Å²) < 4.78 is 83.7. The van der Waals surface area contributed by atoms with Crippen molar-refractivity contribution in [3.63, 3.8) is 0 Å². The molecule has 0 aromatic carbocycles. The molecule has 6 saturated heterocycles. The van der Waals surface area contributed by atoms with Crippen molar-refractivity contribution >= 4 is 23.9 Å². The van der Waals surface area contributed by atoms with E-state index in [9.17, 15) is 49.8 Å². The lowest BCUT2D eigenvalue weighted by Crippen LogP contribution is -2.62. The van der Waals surface area contributed by atoms with Crippen molar-refractivity contribution in [3.05, 3.63) is 72.3 Å². The first-order valence-corrected chi connectivity index (χ1v) is 35.4. The smallest absolute Gasteiger partial charge is 0.330 e. The van der Waals surface area contributed by atoms with Crippen LogP contribution in [0.5, 0.6) is 0 Å². The topological polar surface area (TPSA) is 319 Å². The molecule has 8 heterocycles. The summed E-state index contributed by atoms with van der Waals surface area (Å²) in [4.78, 5) is 50.8. The van der Waals surface area contributed by atoms with Gasteiger partial charge in [-0.2, -0.15) is 0 Å². The van der Waals surface area contributed by atoms with Gasteiger partial charge in [-0.05, 0) is 127 Å². The summed E-state index contributed by atoms with van der Waals surface area (Å²) in [6.45, 7) is 20.4. The van der Waals surface area contributed by atoms with E-state index in [4.69, 9.17) is 66.3 Å². The molecule has 0 amide bonds. The lowest BCUT2D eigenvalue weighted by Gasteiger charge is -2.51. The van der Waals surface area contributed by atoms with Crippen molar-refractivity contribution in [3.8, 4) is 0 Å². The van der Waals surface area contributed by atoms with Crippen LogP contribution in [0.2, 0.25) is 0 Å². The minimum atomic E-state index is -2.19. The summed E-state index contributed by atoms with van der Waals surface area (Å²) in [5, 5.41) is 68.0. The SMILES string of the molecule is C.C=C1C[C@H](O)C[C@@H]2CCCC(CC3CCO[C@H](/C=C/C(C)(C)[C@]4(O)O[C@@H](C/C(=C\C(=O)OC)[C@@H]4OC(=O)CCCCCCC)C[C@H](CO)O1)O3)O2.C=C1C[C@H](O)C[C@@H]2CCC[C@H](C[C@@H]3CCO[C@H](/C=C/C(C)(C)[C@]4(O)O[C@@H](C/C(=C\C(=O)OC)[C@@H]4OC(C)=O)C[C@H]([C@@H](C)O)O1)O3)O2. The molecule has 0 aromatic heterocycles. The van der Waals surface area contributed by atoms with Gasteiger partial charge in [0.2, 0.25) is 11.6 Å². The summed E-state index contributed by atoms with van der Waals surface area (Å²) in [7, 11) is 2.47. The molecule has 24 nitrogen and oxygen atoms in total. The zero-order valence-electron chi connectivity index (χ0n) is 58.8. The van der Waals surface area contributed by atoms with E-state index in [0.29, 0.717) is 75.3 Å². The zero-order chi connectivity index (χ0) is 70.7. The van der Waals surface area contributed by atoms with Crippen molar-refractivity contribution in [1.29, 1.82) is 0 Å². The average molecular weight is 1390 g/mol.